The van der Waals surface area contributed by atoms with Gasteiger partial charge in [-0.05, 0) is 68.1 Å². The number of halogens is 2. The number of sulfonamides is 1. The smallest absolute Gasteiger partial charge is 0.264 e. The number of carbonyl (C=O) groups excluding carboxylic acids is 2. The Morgan fingerprint density at radius 3 is 2.15 bits per heavy atom. The minimum Gasteiger partial charge on any atom is -0.352 e. The maximum absolute atomic E-state index is 14.1. The number of anilines is 1. The summed E-state index contributed by atoms with van der Waals surface area (Å²) in [4.78, 5) is 28.9. The van der Waals surface area contributed by atoms with Gasteiger partial charge in [0, 0.05) is 12.6 Å². The summed E-state index contributed by atoms with van der Waals surface area (Å²) in [6.07, 6.45) is 1.05. The van der Waals surface area contributed by atoms with Gasteiger partial charge in [0.2, 0.25) is 11.8 Å². The third-order valence-electron chi connectivity index (χ3n) is 6.72. The van der Waals surface area contributed by atoms with Crippen LogP contribution in [0.4, 0.5) is 5.69 Å². The summed E-state index contributed by atoms with van der Waals surface area (Å²) in [7, 11) is -4.12. The van der Waals surface area contributed by atoms with E-state index in [0.717, 1.165) is 10.7 Å². The molecule has 7 nitrogen and oxygen atoms in total. The van der Waals surface area contributed by atoms with Crippen LogP contribution in [0.1, 0.15) is 44.7 Å². The Hall–Kier alpha value is -3.07. The van der Waals surface area contributed by atoms with Crippen LogP contribution in [0.5, 0.6) is 0 Å². The molecule has 0 aliphatic rings. The molecule has 0 spiro atoms. The van der Waals surface area contributed by atoms with Crippen molar-refractivity contribution in [2.45, 2.75) is 64.1 Å². The standard InChI is InChI=1S/C30H35Cl2N3O4S/c1-5-22(4)33-30(37)27(6-2)34(19-23-16-17-25(31)26(32)18-23)29(36)20-35(28-15-11-10-12-21(28)3)40(38,39)24-13-8-7-9-14-24/h7-18,22,27H,5-6,19-20H2,1-4H3,(H,33,37)/t22-,27+/m1/s1. The molecule has 3 aromatic rings. The average Bonchev–Trinajstić information content (AvgIpc) is 2.94. The van der Waals surface area contributed by atoms with Gasteiger partial charge in [-0.15, -0.1) is 0 Å². The lowest BCUT2D eigenvalue weighted by atomic mass is 10.1. The summed E-state index contributed by atoms with van der Waals surface area (Å²) in [5.74, 6) is -0.835. The summed E-state index contributed by atoms with van der Waals surface area (Å²) in [6.45, 7) is 6.98. The summed E-state index contributed by atoms with van der Waals surface area (Å²) in [6, 6.07) is 19.0. The van der Waals surface area contributed by atoms with Crippen LogP contribution >= 0.6 is 23.2 Å². The molecule has 0 unspecified atom stereocenters. The van der Waals surface area contributed by atoms with Crippen LogP contribution in [-0.4, -0.2) is 43.8 Å². The van der Waals surface area contributed by atoms with Crippen molar-refractivity contribution in [3.63, 3.8) is 0 Å². The molecule has 2 atom stereocenters. The molecule has 0 aliphatic heterocycles. The van der Waals surface area contributed by atoms with Crippen LogP contribution in [0.15, 0.2) is 77.7 Å². The number of carbonyl (C=O) groups is 2. The summed E-state index contributed by atoms with van der Waals surface area (Å²) in [5, 5.41) is 3.64. The Bertz CT molecular complexity index is 1430. The van der Waals surface area contributed by atoms with E-state index >= 15 is 0 Å². The molecule has 3 aromatic carbocycles. The number of nitrogens with zero attached hydrogens (tertiary/aromatic N) is 2. The van der Waals surface area contributed by atoms with Crippen molar-refractivity contribution in [1.29, 1.82) is 0 Å². The lowest BCUT2D eigenvalue weighted by molar-refractivity contribution is -0.140. The van der Waals surface area contributed by atoms with Crippen LogP contribution < -0.4 is 9.62 Å². The average molecular weight is 605 g/mol. The fourth-order valence-corrected chi connectivity index (χ4v) is 6.09. The van der Waals surface area contributed by atoms with Gasteiger partial charge in [-0.25, -0.2) is 8.42 Å². The van der Waals surface area contributed by atoms with Gasteiger partial charge in [0.25, 0.3) is 10.0 Å². The zero-order valence-corrected chi connectivity index (χ0v) is 25.4. The van der Waals surface area contributed by atoms with E-state index < -0.39 is 28.5 Å². The number of rotatable bonds is 12. The molecule has 0 fully saturated rings. The highest BCUT2D eigenvalue weighted by Crippen LogP contribution is 2.28. The Kier molecular flexibility index (Phi) is 11.0. The Balaban J connectivity index is 2.07. The van der Waals surface area contributed by atoms with Gasteiger partial charge in [0.1, 0.15) is 12.6 Å². The van der Waals surface area contributed by atoms with Crippen LogP contribution in [-0.2, 0) is 26.2 Å². The molecule has 0 radical (unpaired) electrons. The van der Waals surface area contributed by atoms with E-state index in [0.29, 0.717) is 33.3 Å². The molecule has 0 saturated heterocycles. The van der Waals surface area contributed by atoms with Crippen molar-refractivity contribution < 1.29 is 18.0 Å². The Morgan fingerprint density at radius 2 is 1.55 bits per heavy atom. The Morgan fingerprint density at radius 1 is 0.900 bits per heavy atom. The highest BCUT2D eigenvalue weighted by Gasteiger charge is 2.34. The molecule has 2 amide bonds. The summed E-state index contributed by atoms with van der Waals surface area (Å²) in [5.41, 5.74) is 1.73. The highest BCUT2D eigenvalue weighted by atomic mass is 35.5. The first-order valence-electron chi connectivity index (χ1n) is 13.2. The van der Waals surface area contributed by atoms with Crippen molar-refractivity contribution in [2.24, 2.45) is 0 Å². The molecule has 3 rings (SSSR count). The maximum Gasteiger partial charge on any atom is 0.264 e. The van der Waals surface area contributed by atoms with Crippen molar-refractivity contribution in [1.82, 2.24) is 10.2 Å². The molecule has 0 aromatic heterocycles. The van der Waals surface area contributed by atoms with E-state index in [1.54, 1.807) is 67.6 Å². The van der Waals surface area contributed by atoms with Gasteiger partial charge in [-0.2, -0.15) is 0 Å². The second-order valence-corrected chi connectivity index (χ2v) is 12.3. The first-order chi connectivity index (χ1) is 19.0. The predicted octanol–water partition coefficient (Wildman–Crippen LogP) is 6.22. The van der Waals surface area contributed by atoms with E-state index in [4.69, 9.17) is 23.2 Å². The highest BCUT2D eigenvalue weighted by molar-refractivity contribution is 7.92. The molecule has 0 aliphatic carbocycles. The monoisotopic (exact) mass is 603 g/mol. The van der Waals surface area contributed by atoms with Crippen molar-refractivity contribution >= 4 is 50.7 Å². The minimum atomic E-state index is -4.12. The number of para-hydroxylation sites is 1. The van der Waals surface area contributed by atoms with Crippen molar-refractivity contribution in [3.8, 4) is 0 Å². The van der Waals surface area contributed by atoms with Crippen LogP contribution in [0.25, 0.3) is 0 Å². The topological polar surface area (TPSA) is 86.8 Å². The number of amides is 2. The van der Waals surface area contributed by atoms with Gasteiger partial charge in [-0.3, -0.25) is 13.9 Å². The molecular formula is C30H35Cl2N3O4S. The Labute approximate surface area is 247 Å². The second kappa shape index (κ2) is 14.0. The zero-order valence-electron chi connectivity index (χ0n) is 23.1. The molecule has 1 N–H and O–H groups in total. The quantitative estimate of drug-likeness (QED) is 0.266. The van der Waals surface area contributed by atoms with Gasteiger partial charge in [0.15, 0.2) is 0 Å². The number of aryl methyl sites for hydroxylation is 1. The predicted molar refractivity (Wildman–Crippen MR) is 161 cm³/mol. The van der Waals surface area contributed by atoms with E-state index in [9.17, 15) is 18.0 Å². The van der Waals surface area contributed by atoms with Crippen LogP contribution in [0, 0.1) is 6.92 Å². The SMILES string of the molecule is CC[C@@H](C)NC(=O)[C@H](CC)N(Cc1ccc(Cl)c(Cl)c1)C(=O)CN(c1ccccc1C)S(=O)(=O)c1ccccc1. The number of hydrogen-bond donors (Lipinski definition) is 1. The van der Waals surface area contributed by atoms with Crippen LogP contribution in [0.3, 0.4) is 0 Å². The number of hydrogen-bond acceptors (Lipinski definition) is 4. The fourth-order valence-electron chi connectivity index (χ4n) is 4.27. The minimum absolute atomic E-state index is 0.0369. The zero-order chi connectivity index (χ0) is 29.4. The molecule has 10 heteroatoms. The normalized spacial score (nSPS) is 12.8. The van der Waals surface area contributed by atoms with E-state index in [2.05, 4.69) is 5.32 Å². The molecule has 0 saturated carbocycles. The van der Waals surface area contributed by atoms with Gasteiger partial charge >= 0.3 is 0 Å². The summed E-state index contributed by atoms with van der Waals surface area (Å²) < 4.78 is 28.9. The van der Waals surface area contributed by atoms with E-state index in [-0.39, 0.29) is 23.4 Å². The number of benzene rings is 3. The lowest BCUT2D eigenvalue weighted by Crippen LogP contribution is -2.53. The first kappa shape index (κ1) is 31.5. The largest absolute Gasteiger partial charge is 0.352 e. The maximum atomic E-state index is 14.1. The second-order valence-electron chi connectivity index (χ2n) is 9.62. The molecule has 0 heterocycles. The first-order valence-corrected chi connectivity index (χ1v) is 15.4. The van der Waals surface area contributed by atoms with Crippen molar-refractivity contribution in [2.75, 3.05) is 10.8 Å². The third kappa shape index (κ3) is 7.56. The third-order valence-corrected chi connectivity index (χ3v) is 9.23. The van der Waals surface area contributed by atoms with Crippen molar-refractivity contribution in [3.05, 3.63) is 94.0 Å². The van der Waals surface area contributed by atoms with Crippen LogP contribution in [0.2, 0.25) is 10.0 Å². The van der Waals surface area contributed by atoms with Gasteiger partial charge < -0.3 is 10.2 Å². The summed E-state index contributed by atoms with van der Waals surface area (Å²) >= 11 is 12.4. The van der Waals surface area contributed by atoms with Gasteiger partial charge in [-0.1, -0.05) is 79.5 Å². The molecular weight excluding hydrogens is 569 g/mol. The number of nitrogens with one attached hydrogen (secondary N) is 1. The molecule has 214 valence electrons. The molecule has 0 bridgehead atoms. The fraction of sp³-hybridized carbons (Fsp3) is 0.333. The lowest BCUT2D eigenvalue weighted by Gasteiger charge is -2.34. The van der Waals surface area contributed by atoms with E-state index in [1.165, 1.54) is 17.0 Å². The molecule has 40 heavy (non-hydrogen) atoms. The van der Waals surface area contributed by atoms with Gasteiger partial charge in [0.05, 0.1) is 20.6 Å². The van der Waals surface area contributed by atoms with E-state index in [1.807, 2.05) is 20.8 Å².